The Balaban J connectivity index is 2.02. The van der Waals surface area contributed by atoms with Gasteiger partial charge in [0.2, 0.25) is 0 Å². The largest absolute Gasteiger partial charge is 0.336 e. The molecule has 3 aromatic carbocycles. The fraction of sp³-hybridized carbons (Fsp3) is 0.130. The second-order valence-corrected chi connectivity index (χ2v) is 7.00. The summed E-state index contributed by atoms with van der Waals surface area (Å²) < 4.78 is 16.0. The summed E-state index contributed by atoms with van der Waals surface area (Å²) in [4.78, 5) is 26.5. The average Bonchev–Trinajstić information content (AvgIpc) is 2.66. The lowest BCUT2D eigenvalue weighted by Crippen LogP contribution is -2.39. The highest BCUT2D eigenvalue weighted by atomic mass is 19.1. The first-order valence-electron chi connectivity index (χ1n) is 9.02. The SMILES string of the molecule is Cc1cc(C)cc(-n2c(=O)c3ccccc3n(Cc3ccc(F)cc3)c2=O)c1. The van der Waals surface area contributed by atoms with Crippen LogP contribution < -0.4 is 11.2 Å². The molecule has 0 saturated heterocycles. The predicted molar refractivity (Wildman–Crippen MR) is 109 cm³/mol. The minimum Gasteiger partial charge on any atom is -0.288 e. The van der Waals surface area contributed by atoms with Crippen molar-refractivity contribution in [3.8, 4) is 5.69 Å². The van der Waals surface area contributed by atoms with E-state index >= 15 is 0 Å². The first-order valence-corrected chi connectivity index (χ1v) is 9.02. The Morgan fingerprint density at radius 3 is 2.18 bits per heavy atom. The van der Waals surface area contributed by atoms with Crippen molar-refractivity contribution < 1.29 is 4.39 Å². The minimum atomic E-state index is -0.418. The predicted octanol–water partition coefficient (Wildman–Crippen LogP) is 3.96. The van der Waals surface area contributed by atoms with Crippen molar-refractivity contribution in [1.29, 1.82) is 0 Å². The number of benzene rings is 3. The van der Waals surface area contributed by atoms with Gasteiger partial charge in [0.05, 0.1) is 23.1 Å². The van der Waals surface area contributed by atoms with Gasteiger partial charge in [0.15, 0.2) is 0 Å². The van der Waals surface area contributed by atoms with Crippen LogP contribution in [0.5, 0.6) is 0 Å². The maximum Gasteiger partial charge on any atom is 0.336 e. The fourth-order valence-electron chi connectivity index (χ4n) is 3.55. The third kappa shape index (κ3) is 3.16. The van der Waals surface area contributed by atoms with Gasteiger partial charge in [-0.25, -0.2) is 13.8 Å². The number of nitrogens with zero attached hydrogens (tertiary/aromatic N) is 2. The summed E-state index contributed by atoms with van der Waals surface area (Å²) in [5, 5.41) is 0.461. The Labute approximate surface area is 161 Å². The Morgan fingerprint density at radius 1 is 0.857 bits per heavy atom. The van der Waals surface area contributed by atoms with Crippen LogP contribution in [0.3, 0.4) is 0 Å². The molecule has 5 heteroatoms. The average molecular weight is 374 g/mol. The van der Waals surface area contributed by atoms with Gasteiger partial charge in [0.1, 0.15) is 5.82 Å². The number of hydrogen-bond donors (Lipinski definition) is 0. The Hall–Kier alpha value is -3.47. The molecule has 0 unspecified atom stereocenters. The highest BCUT2D eigenvalue weighted by Crippen LogP contribution is 2.15. The van der Waals surface area contributed by atoms with E-state index in [9.17, 15) is 14.0 Å². The van der Waals surface area contributed by atoms with E-state index < -0.39 is 5.69 Å². The zero-order chi connectivity index (χ0) is 19.8. The van der Waals surface area contributed by atoms with Gasteiger partial charge in [0.25, 0.3) is 5.56 Å². The van der Waals surface area contributed by atoms with Gasteiger partial charge in [-0.05, 0) is 66.9 Å². The van der Waals surface area contributed by atoms with E-state index in [4.69, 9.17) is 0 Å². The van der Waals surface area contributed by atoms with Crippen molar-refractivity contribution in [3.63, 3.8) is 0 Å². The van der Waals surface area contributed by atoms with Gasteiger partial charge in [-0.3, -0.25) is 9.36 Å². The third-order valence-corrected chi connectivity index (χ3v) is 4.77. The Morgan fingerprint density at radius 2 is 1.50 bits per heavy atom. The molecule has 0 atom stereocenters. The van der Waals surface area contributed by atoms with Gasteiger partial charge < -0.3 is 0 Å². The van der Waals surface area contributed by atoms with Crippen molar-refractivity contribution >= 4 is 10.9 Å². The van der Waals surface area contributed by atoms with Gasteiger partial charge in [0, 0.05) is 0 Å². The van der Waals surface area contributed by atoms with Crippen molar-refractivity contribution in [1.82, 2.24) is 9.13 Å². The first-order chi connectivity index (χ1) is 13.4. The van der Waals surface area contributed by atoms with Crippen molar-refractivity contribution in [2.75, 3.05) is 0 Å². The molecule has 4 rings (SSSR count). The second-order valence-electron chi connectivity index (χ2n) is 7.00. The van der Waals surface area contributed by atoms with Crippen LogP contribution in [0.1, 0.15) is 16.7 Å². The molecule has 0 aliphatic heterocycles. The summed E-state index contributed by atoms with van der Waals surface area (Å²) >= 11 is 0. The van der Waals surface area contributed by atoms with Crippen molar-refractivity contribution in [3.05, 3.63) is 110 Å². The van der Waals surface area contributed by atoms with E-state index in [0.717, 1.165) is 16.7 Å². The summed E-state index contributed by atoms with van der Waals surface area (Å²) in [6.45, 7) is 4.10. The molecular weight excluding hydrogens is 355 g/mol. The van der Waals surface area contributed by atoms with Crippen LogP contribution in [-0.4, -0.2) is 9.13 Å². The zero-order valence-electron chi connectivity index (χ0n) is 15.6. The number of fused-ring (bicyclic) bond motifs is 1. The summed E-state index contributed by atoms with van der Waals surface area (Å²) in [6.07, 6.45) is 0. The number of aromatic nitrogens is 2. The minimum absolute atomic E-state index is 0.241. The van der Waals surface area contributed by atoms with Crippen LogP contribution in [0.4, 0.5) is 4.39 Å². The van der Waals surface area contributed by atoms with Crippen LogP contribution in [0.25, 0.3) is 16.6 Å². The molecule has 1 heterocycles. The Bertz CT molecular complexity index is 1280. The van der Waals surface area contributed by atoms with Crippen LogP contribution in [0.2, 0.25) is 0 Å². The van der Waals surface area contributed by atoms with E-state index in [1.54, 1.807) is 41.0 Å². The van der Waals surface area contributed by atoms with Gasteiger partial charge in [-0.1, -0.05) is 30.3 Å². The van der Waals surface area contributed by atoms with E-state index in [0.29, 0.717) is 16.6 Å². The summed E-state index contributed by atoms with van der Waals surface area (Å²) in [5.41, 5.74) is 3.06. The monoisotopic (exact) mass is 374 g/mol. The van der Waals surface area contributed by atoms with Gasteiger partial charge in [-0.2, -0.15) is 0 Å². The highest BCUT2D eigenvalue weighted by molar-refractivity contribution is 5.78. The molecule has 4 aromatic rings. The van der Waals surface area contributed by atoms with Crippen molar-refractivity contribution in [2.45, 2.75) is 20.4 Å². The number of rotatable bonds is 3. The smallest absolute Gasteiger partial charge is 0.288 e. The number of aryl methyl sites for hydroxylation is 2. The molecule has 0 spiro atoms. The fourth-order valence-corrected chi connectivity index (χ4v) is 3.55. The van der Waals surface area contributed by atoms with Crippen LogP contribution >= 0.6 is 0 Å². The topological polar surface area (TPSA) is 44.0 Å². The molecule has 0 aliphatic carbocycles. The highest BCUT2D eigenvalue weighted by Gasteiger charge is 2.15. The van der Waals surface area contributed by atoms with E-state index in [1.165, 1.54) is 16.7 Å². The lowest BCUT2D eigenvalue weighted by atomic mass is 10.1. The molecule has 0 N–H and O–H groups in total. The molecule has 0 radical (unpaired) electrons. The molecule has 0 bridgehead atoms. The molecule has 1 aromatic heterocycles. The molecule has 140 valence electrons. The molecular formula is C23H19FN2O2. The summed E-state index contributed by atoms with van der Waals surface area (Å²) in [7, 11) is 0. The zero-order valence-corrected chi connectivity index (χ0v) is 15.6. The molecule has 0 amide bonds. The number of halogens is 1. The summed E-state index contributed by atoms with van der Waals surface area (Å²) in [5.74, 6) is -0.332. The quantitative estimate of drug-likeness (QED) is 0.545. The summed E-state index contributed by atoms with van der Waals surface area (Å²) in [6, 6.07) is 18.7. The molecule has 28 heavy (non-hydrogen) atoms. The lowest BCUT2D eigenvalue weighted by Gasteiger charge is -2.15. The number of para-hydroxylation sites is 1. The van der Waals surface area contributed by atoms with Crippen LogP contribution in [-0.2, 0) is 6.54 Å². The maximum atomic E-state index is 13.3. The van der Waals surface area contributed by atoms with E-state index in [-0.39, 0.29) is 17.9 Å². The lowest BCUT2D eigenvalue weighted by molar-refractivity contribution is 0.625. The first kappa shape index (κ1) is 17.9. The van der Waals surface area contributed by atoms with E-state index in [1.807, 2.05) is 32.0 Å². The molecule has 0 aliphatic rings. The third-order valence-electron chi connectivity index (χ3n) is 4.77. The normalized spacial score (nSPS) is 11.1. The molecule has 0 fully saturated rings. The van der Waals surface area contributed by atoms with E-state index in [2.05, 4.69) is 0 Å². The maximum absolute atomic E-state index is 13.3. The Kier molecular flexibility index (Phi) is 4.43. The van der Waals surface area contributed by atoms with Gasteiger partial charge >= 0.3 is 5.69 Å². The van der Waals surface area contributed by atoms with Crippen LogP contribution in [0.15, 0.2) is 76.3 Å². The second kappa shape index (κ2) is 6.93. The standard InChI is InChI=1S/C23H19FN2O2/c1-15-11-16(2)13-19(12-15)26-22(27)20-5-3-4-6-21(20)25(23(26)28)14-17-7-9-18(24)10-8-17/h3-13H,14H2,1-2H3. The van der Waals surface area contributed by atoms with Crippen molar-refractivity contribution in [2.24, 2.45) is 0 Å². The molecule has 4 nitrogen and oxygen atoms in total. The molecule has 0 saturated carbocycles. The number of hydrogen-bond acceptors (Lipinski definition) is 2. The van der Waals surface area contributed by atoms with Crippen LogP contribution in [0, 0.1) is 19.7 Å². The van der Waals surface area contributed by atoms with Gasteiger partial charge in [-0.15, -0.1) is 0 Å².